The molecule has 140 valence electrons. The molecule has 7 heteroatoms. The molecule has 1 fully saturated rings. The Hall–Kier alpha value is -2.99. The molecule has 1 aliphatic rings. The van der Waals surface area contributed by atoms with Gasteiger partial charge in [-0.15, -0.1) is 0 Å². The molecule has 1 aliphatic carbocycles. The average Bonchev–Trinajstić information content (AvgIpc) is 3.40. The molecule has 0 saturated heterocycles. The molecule has 3 aromatic heterocycles. The molecule has 4 aromatic rings. The van der Waals surface area contributed by atoms with E-state index in [-0.39, 0.29) is 5.82 Å². The van der Waals surface area contributed by atoms with Gasteiger partial charge in [-0.2, -0.15) is 5.10 Å². The quantitative estimate of drug-likeness (QED) is 0.490. The van der Waals surface area contributed by atoms with Crippen LogP contribution in [0.3, 0.4) is 0 Å². The molecule has 0 unspecified atom stereocenters. The van der Waals surface area contributed by atoms with Gasteiger partial charge in [0.15, 0.2) is 0 Å². The molecule has 0 amide bonds. The molecule has 0 aliphatic heterocycles. The number of hydrogen-bond acceptors (Lipinski definition) is 4. The van der Waals surface area contributed by atoms with Crippen LogP contribution in [-0.4, -0.2) is 19.7 Å². The fraction of sp³-hybridized carbons (Fsp3) is 0.190. The summed E-state index contributed by atoms with van der Waals surface area (Å²) in [4.78, 5) is 8.71. The Labute approximate surface area is 166 Å². The van der Waals surface area contributed by atoms with Crippen LogP contribution in [0.25, 0.3) is 22.3 Å². The summed E-state index contributed by atoms with van der Waals surface area (Å²) in [5.74, 6) is 0.375. The second-order valence-electron chi connectivity index (χ2n) is 7.07. The fourth-order valence-corrected chi connectivity index (χ4v) is 3.40. The predicted molar refractivity (Wildman–Crippen MR) is 108 cm³/mol. The minimum atomic E-state index is -0.362. The second kappa shape index (κ2) is 6.87. The molecule has 0 spiro atoms. The van der Waals surface area contributed by atoms with Crippen molar-refractivity contribution in [3.63, 3.8) is 0 Å². The number of aromatic nitrogens is 4. The first-order chi connectivity index (χ1) is 13.7. The number of rotatable bonds is 5. The van der Waals surface area contributed by atoms with Gasteiger partial charge in [0.1, 0.15) is 16.9 Å². The van der Waals surface area contributed by atoms with Crippen LogP contribution < -0.4 is 5.32 Å². The van der Waals surface area contributed by atoms with Crippen LogP contribution in [0.1, 0.15) is 12.8 Å². The summed E-state index contributed by atoms with van der Waals surface area (Å²) in [5, 5.41) is 8.52. The first-order valence-electron chi connectivity index (χ1n) is 9.16. The van der Waals surface area contributed by atoms with Gasteiger partial charge in [0.25, 0.3) is 0 Å². The predicted octanol–water partition coefficient (Wildman–Crippen LogP) is 5.44. The molecule has 5 rings (SSSR count). The largest absolute Gasteiger partial charge is 0.353 e. The zero-order valence-electron chi connectivity index (χ0n) is 14.9. The summed E-state index contributed by atoms with van der Waals surface area (Å²) in [5.41, 5.74) is 4.17. The summed E-state index contributed by atoms with van der Waals surface area (Å²) in [6.45, 7) is 0.934. The van der Waals surface area contributed by atoms with E-state index < -0.39 is 0 Å². The third-order valence-corrected chi connectivity index (χ3v) is 5.07. The lowest BCUT2D eigenvalue weighted by Gasteiger charge is -2.09. The van der Waals surface area contributed by atoms with Gasteiger partial charge in [-0.05, 0) is 55.2 Å². The number of fused-ring (bicyclic) bond motifs is 1. The number of benzene rings is 1. The van der Waals surface area contributed by atoms with Crippen LogP contribution in [-0.2, 0) is 6.54 Å². The van der Waals surface area contributed by atoms with Gasteiger partial charge in [-0.1, -0.05) is 11.6 Å². The van der Waals surface area contributed by atoms with Crippen LogP contribution in [0.2, 0.25) is 5.02 Å². The van der Waals surface area contributed by atoms with E-state index in [2.05, 4.69) is 15.3 Å². The third-order valence-electron chi connectivity index (χ3n) is 4.84. The van der Waals surface area contributed by atoms with Gasteiger partial charge >= 0.3 is 0 Å². The summed E-state index contributed by atoms with van der Waals surface area (Å²) >= 11 is 6.02. The SMILES string of the molecule is Fc1ccc(Cl)cc1-c1cc(Nc2ccnc3cn(CC4CC4)nc23)ccn1. The molecule has 28 heavy (non-hydrogen) atoms. The van der Waals surface area contributed by atoms with Crippen molar-refractivity contribution in [1.29, 1.82) is 0 Å². The Kier molecular flexibility index (Phi) is 4.20. The van der Waals surface area contributed by atoms with Gasteiger partial charge in [-0.3, -0.25) is 14.6 Å². The molecule has 1 N–H and O–H groups in total. The molecular formula is C21H17ClFN5. The lowest BCUT2D eigenvalue weighted by Crippen LogP contribution is -2.00. The van der Waals surface area contributed by atoms with Crippen molar-refractivity contribution in [3.05, 3.63) is 65.8 Å². The van der Waals surface area contributed by atoms with Crippen molar-refractivity contribution in [1.82, 2.24) is 19.7 Å². The van der Waals surface area contributed by atoms with Gasteiger partial charge in [0.05, 0.1) is 17.6 Å². The van der Waals surface area contributed by atoms with Gasteiger partial charge in [0.2, 0.25) is 0 Å². The highest BCUT2D eigenvalue weighted by molar-refractivity contribution is 6.30. The van der Waals surface area contributed by atoms with E-state index in [1.807, 2.05) is 23.0 Å². The highest BCUT2D eigenvalue weighted by atomic mass is 35.5. The van der Waals surface area contributed by atoms with Crippen LogP contribution in [0.4, 0.5) is 15.8 Å². The summed E-state index contributed by atoms with van der Waals surface area (Å²) < 4.78 is 16.2. The molecule has 1 saturated carbocycles. The number of hydrogen-bond donors (Lipinski definition) is 1. The first kappa shape index (κ1) is 17.1. The van der Waals surface area contributed by atoms with Gasteiger partial charge in [-0.25, -0.2) is 4.39 Å². The number of nitrogens with zero attached hydrogens (tertiary/aromatic N) is 4. The molecule has 0 atom stereocenters. The fourth-order valence-electron chi connectivity index (χ4n) is 3.23. The van der Waals surface area contributed by atoms with Crippen molar-refractivity contribution in [2.45, 2.75) is 19.4 Å². The Bertz CT molecular complexity index is 1170. The summed E-state index contributed by atoms with van der Waals surface area (Å²) in [6, 6.07) is 9.96. The maximum atomic E-state index is 14.2. The minimum Gasteiger partial charge on any atom is -0.353 e. The van der Waals surface area contributed by atoms with Gasteiger partial charge in [0, 0.05) is 35.2 Å². The van der Waals surface area contributed by atoms with Crippen molar-refractivity contribution in [3.8, 4) is 11.3 Å². The smallest absolute Gasteiger partial charge is 0.134 e. The topological polar surface area (TPSA) is 55.6 Å². The van der Waals surface area contributed by atoms with E-state index >= 15 is 0 Å². The monoisotopic (exact) mass is 393 g/mol. The zero-order chi connectivity index (χ0) is 19.1. The van der Waals surface area contributed by atoms with E-state index in [1.54, 1.807) is 24.5 Å². The summed E-state index contributed by atoms with van der Waals surface area (Å²) in [6.07, 6.45) is 7.93. The summed E-state index contributed by atoms with van der Waals surface area (Å²) in [7, 11) is 0. The van der Waals surface area contributed by atoms with Crippen LogP contribution in [0, 0.1) is 11.7 Å². The van der Waals surface area contributed by atoms with Crippen molar-refractivity contribution in [2.75, 3.05) is 5.32 Å². The van der Waals surface area contributed by atoms with E-state index in [0.717, 1.165) is 34.9 Å². The number of halogens is 2. The first-order valence-corrected chi connectivity index (χ1v) is 9.54. The maximum absolute atomic E-state index is 14.2. The second-order valence-corrected chi connectivity index (χ2v) is 7.50. The van der Waals surface area contributed by atoms with E-state index in [0.29, 0.717) is 16.3 Å². The van der Waals surface area contributed by atoms with Crippen molar-refractivity contribution < 1.29 is 4.39 Å². The van der Waals surface area contributed by atoms with E-state index in [1.165, 1.54) is 25.0 Å². The Morgan fingerprint density at radius 2 is 1.96 bits per heavy atom. The van der Waals surface area contributed by atoms with Gasteiger partial charge < -0.3 is 5.32 Å². The Balaban J connectivity index is 1.48. The third kappa shape index (κ3) is 3.43. The van der Waals surface area contributed by atoms with E-state index in [9.17, 15) is 4.39 Å². The standard InChI is InChI=1S/C21H17ClFN5/c22-14-3-4-17(23)16(9-14)19-10-15(5-7-24-19)26-18-6-8-25-20-12-28(27-21(18)20)11-13-1-2-13/h3-10,12-13H,1-2,11H2,(H,24,26). The zero-order valence-corrected chi connectivity index (χ0v) is 15.7. The van der Waals surface area contributed by atoms with Crippen LogP contribution >= 0.6 is 11.6 Å². The Morgan fingerprint density at radius 3 is 2.82 bits per heavy atom. The molecule has 5 nitrogen and oxygen atoms in total. The highest BCUT2D eigenvalue weighted by Gasteiger charge is 2.22. The van der Waals surface area contributed by atoms with Crippen molar-refractivity contribution >= 4 is 34.0 Å². The van der Waals surface area contributed by atoms with Crippen molar-refractivity contribution in [2.24, 2.45) is 5.92 Å². The minimum absolute atomic E-state index is 0.362. The molecular weight excluding hydrogens is 377 g/mol. The molecule has 0 bridgehead atoms. The normalized spacial score (nSPS) is 13.8. The highest BCUT2D eigenvalue weighted by Crippen LogP contribution is 2.32. The molecule has 0 radical (unpaired) electrons. The number of anilines is 2. The van der Waals surface area contributed by atoms with E-state index in [4.69, 9.17) is 16.7 Å². The van der Waals surface area contributed by atoms with Crippen LogP contribution in [0.15, 0.2) is 55.0 Å². The lowest BCUT2D eigenvalue weighted by atomic mass is 10.1. The van der Waals surface area contributed by atoms with Crippen LogP contribution in [0.5, 0.6) is 0 Å². The Morgan fingerprint density at radius 1 is 1.11 bits per heavy atom. The number of nitrogens with one attached hydrogen (secondary N) is 1. The molecule has 1 aromatic carbocycles. The molecule has 3 heterocycles. The maximum Gasteiger partial charge on any atom is 0.134 e. The average molecular weight is 394 g/mol. The lowest BCUT2D eigenvalue weighted by molar-refractivity contribution is 0.568. The number of pyridine rings is 2.